The Morgan fingerprint density at radius 1 is 1.42 bits per heavy atom. The lowest BCUT2D eigenvalue weighted by atomic mass is 9.88. The number of aryl methyl sites for hydroxylation is 1. The van der Waals surface area contributed by atoms with Crippen LogP contribution in [0.2, 0.25) is 0 Å². The molecule has 2 unspecified atom stereocenters. The zero-order valence-corrected chi connectivity index (χ0v) is 11.9. The Labute approximate surface area is 119 Å². The molecule has 0 spiro atoms. The van der Waals surface area contributed by atoms with Crippen LogP contribution >= 0.6 is 11.6 Å². The molecule has 2 N–H and O–H groups in total. The van der Waals surface area contributed by atoms with Crippen molar-refractivity contribution in [2.24, 2.45) is 5.92 Å². The number of alkyl halides is 1. The highest BCUT2D eigenvalue weighted by Crippen LogP contribution is 2.28. The average molecular weight is 282 g/mol. The highest BCUT2D eigenvalue weighted by molar-refractivity contribution is 6.20. The van der Waals surface area contributed by atoms with E-state index in [-0.39, 0.29) is 17.0 Å². The first-order chi connectivity index (χ1) is 9.09. The van der Waals surface area contributed by atoms with E-state index in [0.717, 1.165) is 12.8 Å². The molecule has 0 heterocycles. The van der Waals surface area contributed by atoms with Gasteiger partial charge in [0.25, 0.3) is 5.91 Å². The van der Waals surface area contributed by atoms with Crippen molar-refractivity contribution in [2.75, 3.05) is 6.54 Å². The van der Waals surface area contributed by atoms with Crippen LogP contribution in [0.4, 0.5) is 0 Å². The first kappa shape index (κ1) is 14.2. The molecule has 2 atom stereocenters. The minimum Gasteiger partial charge on any atom is -0.507 e. The van der Waals surface area contributed by atoms with E-state index in [1.54, 1.807) is 25.1 Å². The summed E-state index contributed by atoms with van der Waals surface area (Å²) in [6.07, 6.45) is 4.45. The molecule has 0 aromatic heterocycles. The van der Waals surface area contributed by atoms with E-state index in [0.29, 0.717) is 23.6 Å². The second kappa shape index (κ2) is 6.29. The largest absolute Gasteiger partial charge is 0.507 e. The molecule has 0 saturated heterocycles. The van der Waals surface area contributed by atoms with E-state index in [4.69, 9.17) is 11.6 Å². The Bertz CT molecular complexity index is 461. The van der Waals surface area contributed by atoms with Crippen molar-refractivity contribution in [3.05, 3.63) is 29.3 Å². The number of rotatable bonds is 3. The molecule has 3 nitrogen and oxygen atoms in total. The fourth-order valence-corrected chi connectivity index (χ4v) is 2.92. The van der Waals surface area contributed by atoms with E-state index in [9.17, 15) is 9.90 Å². The molecular weight excluding hydrogens is 262 g/mol. The zero-order valence-electron chi connectivity index (χ0n) is 11.2. The smallest absolute Gasteiger partial charge is 0.255 e. The van der Waals surface area contributed by atoms with Crippen LogP contribution in [-0.2, 0) is 0 Å². The van der Waals surface area contributed by atoms with Gasteiger partial charge in [0.1, 0.15) is 5.75 Å². The van der Waals surface area contributed by atoms with Gasteiger partial charge in [-0.05, 0) is 37.3 Å². The third-order valence-electron chi connectivity index (χ3n) is 3.82. The SMILES string of the molecule is Cc1cccc(C(=O)NCC2CCCCC2Cl)c1O. The maximum Gasteiger partial charge on any atom is 0.255 e. The topological polar surface area (TPSA) is 49.3 Å². The summed E-state index contributed by atoms with van der Waals surface area (Å²) in [5.74, 6) is 0.174. The molecule has 1 fully saturated rings. The van der Waals surface area contributed by atoms with Crippen LogP contribution < -0.4 is 5.32 Å². The molecule has 0 aliphatic heterocycles. The van der Waals surface area contributed by atoms with Gasteiger partial charge in [-0.2, -0.15) is 0 Å². The highest BCUT2D eigenvalue weighted by atomic mass is 35.5. The lowest BCUT2D eigenvalue weighted by Gasteiger charge is -2.27. The number of benzene rings is 1. The van der Waals surface area contributed by atoms with Crippen molar-refractivity contribution in [2.45, 2.75) is 38.0 Å². The second-order valence-electron chi connectivity index (χ2n) is 5.24. The number of para-hydroxylation sites is 1. The van der Waals surface area contributed by atoms with E-state index in [2.05, 4.69) is 5.32 Å². The standard InChI is InChI=1S/C15H20ClNO2/c1-10-5-4-7-12(14(10)18)15(19)17-9-11-6-2-3-8-13(11)16/h4-5,7,11,13,18H,2-3,6,8-9H2,1H3,(H,17,19). The summed E-state index contributed by atoms with van der Waals surface area (Å²) in [6.45, 7) is 2.36. The number of nitrogens with one attached hydrogen (secondary N) is 1. The Hall–Kier alpha value is -1.22. The van der Waals surface area contributed by atoms with Gasteiger partial charge >= 0.3 is 0 Å². The van der Waals surface area contributed by atoms with Crippen LogP contribution in [0.15, 0.2) is 18.2 Å². The molecule has 1 saturated carbocycles. The number of halogens is 1. The van der Waals surface area contributed by atoms with Crippen LogP contribution in [0.3, 0.4) is 0 Å². The maximum absolute atomic E-state index is 12.1. The predicted octanol–water partition coefficient (Wildman–Crippen LogP) is 3.23. The number of carbonyl (C=O) groups excluding carboxylic acids is 1. The summed E-state index contributed by atoms with van der Waals surface area (Å²) in [7, 11) is 0. The molecule has 1 aromatic carbocycles. The molecule has 4 heteroatoms. The van der Waals surface area contributed by atoms with Gasteiger partial charge < -0.3 is 10.4 Å². The van der Waals surface area contributed by atoms with Gasteiger partial charge in [0.15, 0.2) is 0 Å². The monoisotopic (exact) mass is 281 g/mol. The van der Waals surface area contributed by atoms with Crippen molar-refractivity contribution in [1.29, 1.82) is 0 Å². The van der Waals surface area contributed by atoms with Gasteiger partial charge in [0.05, 0.1) is 5.56 Å². The molecule has 1 aliphatic rings. The number of aromatic hydroxyl groups is 1. The van der Waals surface area contributed by atoms with E-state index in [1.165, 1.54) is 12.8 Å². The molecule has 2 rings (SSSR count). The van der Waals surface area contributed by atoms with Crippen molar-refractivity contribution >= 4 is 17.5 Å². The van der Waals surface area contributed by atoms with Gasteiger partial charge in [-0.3, -0.25) is 4.79 Å². The van der Waals surface area contributed by atoms with Gasteiger partial charge in [-0.25, -0.2) is 0 Å². The maximum atomic E-state index is 12.1. The summed E-state index contributed by atoms with van der Waals surface area (Å²) in [4.78, 5) is 12.1. The minimum absolute atomic E-state index is 0.0612. The molecule has 1 aromatic rings. The second-order valence-corrected chi connectivity index (χ2v) is 5.80. The Morgan fingerprint density at radius 3 is 2.89 bits per heavy atom. The molecule has 1 aliphatic carbocycles. The van der Waals surface area contributed by atoms with Crippen LogP contribution in [0.1, 0.15) is 41.6 Å². The minimum atomic E-state index is -0.226. The van der Waals surface area contributed by atoms with Crippen LogP contribution in [-0.4, -0.2) is 22.9 Å². The van der Waals surface area contributed by atoms with Gasteiger partial charge in [0.2, 0.25) is 0 Å². The molecule has 0 radical (unpaired) electrons. The first-order valence-corrected chi connectivity index (χ1v) is 7.24. The lowest BCUT2D eigenvalue weighted by Crippen LogP contribution is -2.34. The molecule has 19 heavy (non-hydrogen) atoms. The van der Waals surface area contributed by atoms with Crippen LogP contribution in [0.5, 0.6) is 5.75 Å². The van der Waals surface area contributed by atoms with Gasteiger partial charge in [-0.15, -0.1) is 11.6 Å². The number of phenols is 1. The van der Waals surface area contributed by atoms with Crippen molar-refractivity contribution < 1.29 is 9.90 Å². The normalized spacial score (nSPS) is 23.1. The quantitative estimate of drug-likeness (QED) is 0.836. The Kier molecular flexibility index (Phi) is 4.70. The lowest BCUT2D eigenvalue weighted by molar-refractivity contribution is 0.0941. The van der Waals surface area contributed by atoms with Gasteiger partial charge in [0, 0.05) is 11.9 Å². The summed E-state index contributed by atoms with van der Waals surface area (Å²) >= 11 is 6.27. The molecule has 0 bridgehead atoms. The third kappa shape index (κ3) is 3.41. The Balaban J connectivity index is 1.95. The van der Waals surface area contributed by atoms with Crippen molar-refractivity contribution in [3.8, 4) is 5.75 Å². The van der Waals surface area contributed by atoms with E-state index >= 15 is 0 Å². The summed E-state index contributed by atoms with van der Waals surface area (Å²) in [6, 6.07) is 5.19. The predicted molar refractivity (Wildman–Crippen MR) is 76.8 cm³/mol. The molecule has 104 valence electrons. The summed E-state index contributed by atoms with van der Waals surface area (Å²) < 4.78 is 0. The number of phenolic OH excluding ortho intramolecular Hbond substituents is 1. The molecular formula is C15H20ClNO2. The Morgan fingerprint density at radius 2 is 2.16 bits per heavy atom. The van der Waals surface area contributed by atoms with E-state index < -0.39 is 0 Å². The van der Waals surface area contributed by atoms with Crippen LogP contribution in [0, 0.1) is 12.8 Å². The number of hydrogen-bond acceptors (Lipinski definition) is 2. The number of amides is 1. The number of carbonyl (C=O) groups is 1. The fourth-order valence-electron chi connectivity index (χ4n) is 2.55. The van der Waals surface area contributed by atoms with Crippen LogP contribution in [0.25, 0.3) is 0 Å². The summed E-state index contributed by atoms with van der Waals surface area (Å²) in [5.41, 5.74) is 1.04. The van der Waals surface area contributed by atoms with E-state index in [1.807, 2.05) is 0 Å². The van der Waals surface area contributed by atoms with Crippen molar-refractivity contribution in [3.63, 3.8) is 0 Å². The first-order valence-electron chi connectivity index (χ1n) is 6.80. The highest BCUT2D eigenvalue weighted by Gasteiger charge is 2.24. The average Bonchev–Trinajstić information content (AvgIpc) is 2.40. The summed E-state index contributed by atoms with van der Waals surface area (Å²) in [5, 5.41) is 12.9. The van der Waals surface area contributed by atoms with Crippen molar-refractivity contribution in [1.82, 2.24) is 5.32 Å². The molecule has 1 amide bonds. The number of hydrogen-bond donors (Lipinski definition) is 2. The zero-order chi connectivity index (χ0) is 13.8. The fraction of sp³-hybridized carbons (Fsp3) is 0.533. The van der Waals surface area contributed by atoms with Gasteiger partial charge in [-0.1, -0.05) is 25.0 Å². The third-order valence-corrected chi connectivity index (χ3v) is 4.40.